The van der Waals surface area contributed by atoms with E-state index in [2.05, 4.69) is 25.6 Å². The Morgan fingerprint density at radius 3 is 2.62 bits per heavy atom. The summed E-state index contributed by atoms with van der Waals surface area (Å²) in [5, 5.41) is 5.90. The van der Waals surface area contributed by atoms with E-state index in [-0.39, 0.29) is 11.8 Å². The molecule has 0 unspecified atom stereocenters. The minimum Gasteiger partial charge on any atom is -0.497 e. The third-order valence-electron chi connectivity index (χ3n) is 5.20. The third kappa shape index (κ3) is 5.97. The Morgan fingerprint density at radius 1 is 1.15 bits per heavy atom. The van der Waals surface area contributed by atoms with Crippen LogP contribution in [0.3, 0.4) is 0 Å². The molecule has 2 N–H and O–H groups in total. The molecule has 2 aromatic heterocycles. The second kappa shape index (κ2) is 10.9. The quantitative estimate of drug-likeness (QED) is 0.397. The standard InChI is InChI=1S/C23H27F2N5O4/c1-5-23(24,25)12-17(21(31)34-4)28-20-19-16(7-6-10-26-19)29-22(30-20)27-13-14-8-9-15(32-2)11-18(14)33-3/h6-11,17H,5,12-13H2,1-4H3,(H2,27,28,29,30)/t17-/m1/s1. The number of esters is 1. The first-order valence-electron chi connectivity index (χ1n) is 10.6. The molecule has 3 rings (SSSR count). The van der Waals surface area contributed by atoms with Crippen LogP contribution >= 0.6 is 0 Å². The van der Waals surface area contributed by atoms with Gasteiger partial charge in [-0.15, -0.1) is 0 Å². The predicted octanol–water partition coefficient (Wildman–Crippen LogP) is 4.04. The molecule has 1 aromatic carbocycles. The molecule has 9 nitrogen and oxygen atoms in total. The molecule has 0 aliphatic rings. The number of rotatable bonds is 11. The number of fused-ring (bicyclic) bond motifs is 1. The second-order valence-electron chi connectivity index (χ2n) is 7.43. The monoisotopic (exact) mass is 475 g/mol. The Balaban J connectivity index is 1.91. The van der Waals surface area contributed by atoms with E-state index in [1.54, 1.807) is 38.5 Å². The molecule has 0 saturated heterocycles. The fourth-order valence-electron chi connectivity index (χ4n) is 3.26. The average Bonchev–Trinajstić information content (AvgIpc) is 2.86. The maximum absolute atomic E-state index is 14.1. The maximum Gasteiger partial charge on any atom is 0.328 e. The second-order valence-corrected chi connectivity index (χ2v) is 7.43. The molecule has 0 amide bonds. The Kier molecular flexibility index (Phi) is 7.98. The zero-order valence-corrected chi connectivity index (χ0v) is 19.4. The van der Waals surface area contributed by atoms with Gasteiger partial charge in [-0.05, 0) is 24.3 Å². The number of benzene rings is 1. The number of pyridine rings is 1. The fourth-order valence-corrected chi connectivity index (χ4v) is 3.26. The third-order valence-corrected chi connectivity index (χ3v) is 5.20. The number of halogens is 2. The minimum atomic E-state index is -3.06. The lowest BCUT2D eigenvalue weighted by atomic mass is 10.1. The van der Waals surface area contributed by atoms with E-state index >= 15 is 0 Å². The van der Waals surface area contributed by atoms with Crippen molar-refractivity contribution >= 4 is 28.8 Å². The van der Waals surface area contributed by atoms with Gasteiger partial charge in [0.25, 0.3) is 0 Å². The summed E-state index contributed by atoms with van der Waals surface area (Å²) in [6, 6.07) is 7.47. The number of carbonyl (C=O) groups is 1. The van der Waals surface area contributed by atoms with Gasteiger partial charge in [0.15, 0.2) is 5.82 Å². The van der Waals surface area contributed by atoms with Crippen molar-refractivity contribution in [2.75, 3.05) is 32.0 Å². The first-order valence-corrected chi connectivity index (χ1v) is 10.6. The van der Waals surface area contributed by atoms with Crippen molar-refractivity contribution in [3.63, 3.8) is 0 Å². The number of methoxy groups -OCH3 is 3. The molecule has 3 aromatic rings. The number of alkyl halides is 2. The summed E-state index contributed by atoms with van der Waals surface area (Å²) in [5.74, 6) is -2.27. The van der Waals surface area contributed by atoms with E-state index in [9.17, 15) is 13.6 Å². The summed E-state index contributed by atoms with van der Waals surface area (Å²) in [5.41, 5.74) is 1.63. The topological polar surface area (TPSA) is 107 Å². The van der Waals surface area contributed by atoms with E-state index in [0.717, 1.165) is 12.7 Å². The minimum absolute atomic E-state index is 0.136. The van der Waals surface area contributed by atoms with Crippen LogP contribution in [0.2, 0.25) is 0 Å². The lowest BCUT2D eigenvalue weighted by Crippen LogP contribution is -2.37. The Labute approximate surface area is 195 Å². The lowest BCUT2D eigenvalue weighted by molar-refractivity contribution is -0.144. The summed E-state index contributed by atoms with van der Waals surface area (Å²) < 4.78 is 43.6. The van der Waals surface area contributed by atoms with Gasteiger partial charge in [-0.3, -0.25) is 4.98 Å². The van der Waals surface area contributed by atoms with Crippen molar-refractivity contribution in [2.45, 2.75) is 38.3 Å². The lowest BCUT2D eigenvalue weighted by Gasteiger charge is -2.22. The van der Waals surface area contributed by atoms with Gasteiger partial charge >= 0.3 is 5.97 Å². The Morgan fingerprint density at radius 2 is 1.94 bits per heavy atom. The molecule has 0 aliphatic heterocycles. The van der Waals surface area contributed by atoms with Crippen molar-refractivity contribution in [3.05, 3.63) is 42.1 Å². The predicted molar refractivity (Wildman–Crippen MR) is 123 cm³/mol. The molecule has 0 saturated carbocycles. The molecule has 1 atom stereocenters. The SMILES string of the molecule is CCC(F)(F)C[C@@H](Nc1nc(NCc2ccc(OC)cc2OC)nc2cccnc12)C(=O)OC. The highest BCUT2D eigenvalue weighted by Crippen LogP contribution is 2.29. The highest BCUT2D eigenvalue weighted by Gasteiger charge is 2.35. The zero-order valence-electron chi connectivity index (χ0n) is 19.4. The van der Waals surface area contributed by atoms with Crippen LogP contribution in [-0.4, -0.2) is 54.2 Å². The van der Waals surface area contributed by atoms with E-state index in [1.165, 1.54) is 13.1 Å². The molecule has 0 aliphatic carbocycles. The van der Waals surface area contributed by atoms with E-state index in [0.29, 0.717) is 29.1 Å². The summed E-state index contributed by atoms with van der Waals surface area (Å²) in [4.78, 5) is 25.3. The summed E-state index contributed by atoms with van der Waals surface area (Å²) >= 11 is 0. The normalized spacial score (nSPS) is 12.2. The van der Waals surface area contributed by atoms with Gasteiger partial charge in [0.2, 0.25) is 11.9 Å². The molecule has 182 valence electrons. The van der Waals surface area contributed by atoms with Gasteiger partial charge in [0, 0.05) is 37.2 Å². The number of hydrogen-bond acceptors (Lipinski definition) is 9. The summed E-state index contributed by atoms with van der Waals surface area (Å²) in [6.07, 6.45) is 0.363. The highest BCUT2D eigenvalue weighted by molar-refractivity contribution is 5.88. The molecular formula is C23H27F2N5O4. The molecular weight excluding hydrogens is 448 g/mol. The van der Waals surface area contributed by atoms with E-state index < -0.39 is 30.8 Å². The smallest absolute Gasteiger partial charge is 0.328 e. The number of carbonyl (C=O) groups excluding carboxylic acids is 1. The van der Waals surface area contributed by atoms with Gasteiger partial charge in [-0.2, -0.15) is 4.98 Å². The summed E-state index contributed by atoms with van der Waals surface area (Å²) in [6.45, 7) is 1.66. The van der Waals surface area contributed by atoms with Crippen LogP contribution in [0.4, 0.5) is 20.5 Å². The largest absolute Gasteiger partial charge is 0.497 e. The Bertz CT molecular complexity index is 1150. The van der Waals surface area contributed by atoms with Crippen molar-refractivity contribution in [3.8, 4) is 11.5 Å². The van der Waals surface area contributed by atoms with Gasteiger partial charge in [-0.25, -0.2) is 18.6 Å². The molecule has 34 heavy (non-hydrogen) atoms. The van der Waals surface area contributed by atoms with E-state index in [4.69, 9.17) is 14.2 Å². The zero-order chi connectivity index (χ0) is 24.7. The average molecular weight is 475 g/mol. The number of nitrogens with zero attached hydrogens (tertiary/aromatic N) is 3. The number of anilines is 2. The molecule has 0 spiro atoms. The first kappa shape index (κ1) is 24.9. The number of aromatic nitrogens is 3. The van der Waals surface area contributed by atoms with Crippen LogP contribution in [0.5, 0.6) is 11.5 Å². The molecule has 0 radical (unpaired) electrons. The number of nitrogens with one attached hydrogen (secondary N) is 2. The van der Waals surface area contributed by atoms with Gasteiger partial charge in [0.1, 0.15) is 23.1 Å². The van der Waals surface area contributed by atoms with Gasteiger partial charge in [0.05, 0.1) is 26.8 Å². The molecule has 2 heterocycles. The van der Waals surface area contributed by atoms with Crippen LogP contribution in [-0.2, 0) is 16.1 Å². The van der Waals surface area contributed by atoms with Crippen LogP contribution < -0.4 is 20.1 Å². The number of ether oxygens (including phenoxy) is 3. The van der Waals surface area contributed by atoms with Crippen molar-refractivity contribution < 1.29 is 27.8 Å². The van der Waals surface area contributed by atoms with Crippen LogP contribution in [0.15, 0.2) is 36.5 Å². The summed E-state index contributed by atoms with van der Waals surface area (Å²) in [7, 11) is 4.26. The van der Waals surface area contributed by atoms with Crippen LogP contribution in [0, 0.1) is 0 Å². The highest BCUT2D eigenvalue weighted by atomic mass is 19.3. The van der Waals surface area contributed by atoms with Crippen molar-refractivity contribution in [1.29, 1.82) is 0 Å². The van der Waals surface area contributed by atoms with Crippen LogP contribution in [0.1, 0.15) is 25.3 Å². The van der Waals surface area contributed by atoms with Crippen molar-refractivity contribution in [2.24, 2.45) is 0 Å². The van der Waals surface area contributed by atoms with Crippen LogP contribution in [0.25, 0.3) is 11.0 Å². The molecule has 0 fully saturated rings. The molecule has 0 bridgehead atoms. The van der Waals surface area contributed by atoms with Gasteiger partial charge < -0.3 is 24.8 Å². The Hall–Kier alpha value is -3.76. The molecule has 11 heteroatoms. The number of hydrogen-bond donors (Lipinski definition) is 2. The fraction of sp³-hybridized carbons (Fsp3) is 0.391. The maximum atomic E-state index is 14.1. The first-order chi connectivity index (χ1) is 16.3. The van der Waals surface area contributed by atoms with Crippen molar-refractivity contribution in [1.82, 2.24) is 15.0 Å². The van der Waals surface area contributed by atoms with E-state index in [1.807, 2.05) is 6.07 Å². The van der Waals surface area contributed by atoms with Gasteiger partial charge in [-0.1, -0.05) is 6.92 Å².